The fourth-order valence-corrected chi connectivity index (χ4v) is 3.43. The molecule has 0 bridgehead atoms. The average molecular weight is 396 g/mol. The predicted molar refractivity (Wildman–Crippen MR) is 113 cm³/mol. The zero-order valence-electron chi connectivity index (χ0n) is 17.2. The lowest BCUT2D eigenvalue weighted by molar-refractivity contribution is -0.130. The van der Waals surface area contributed by atoms with Crippen LogP contribution in [0.5, 0.6) is 5.75 Å². The van der Waals surface area contributed by atoms with E-state index in [1.54, 1.807) is 9.80 Å². The van der Waals surface area contributed by atoms with Crippen LogP contribution in [0, 0.1) is 0 Å². The van der Waals surface area contributed by atoms with Crippen LogP contribution in [0.1, 0.15) is 30.0 Å². The summed E-state index contributed by atoms with van der Waals surface area (Å²) in [6, 6.07) is 15.9. The highest BCUT2D eigenvalue weighted by Crippen LogP contribution is 2.25. The second kappa shape index (κ2) is 9.96. The van der Waals surface area contributed by atoms with Crippen LogP contribution in [0.2, 0.25) is 0 Å². The highest BCUT2D eigenvalue weighted by atomic mass is 16.5. The van der Waals surface area contributed by atoms with Crippen molar-refractivity contribution < 1.29 is 14.3 Å². The highest BCUT2D eigenvalue weighted by Gasteiger charge is 2.20. The smallest absolute Gasteiger partial charge is 0.317 e. The summed E-state index contributed by atoms with van der Waals surface area (Å²) in [4.78, 5) is 28.2. The number of urea groups is 1. The highest BCUT2D eigenvalue weighted by molar-refractivity contribution is 5.76. The van der Waals surface area contributed by atoms with Gasteiger partial charge >= 0.3 is 6.03 Å². The summed E-state index contributed by atoms with van der Waals surface area (Å²) in [6.45, 7) is 4.66. The van der Waals surface area contributed by atoms with Crippen molar-refractivity contribution in [2.24, 2.45) is 0 Å². The van der Waals surface area contributed by atoms with Crippen LogP contribution in [-0.4, -0.2) is 48.5 Å². The van der Waals surface area contributed by atoms with E-state index >= 15 is 0 Å². The van der Waals surface area contributed by atoms with Crippen LogP contribution in [0.3, 0.4) is 0 Å². The number of amides is 3. The van der Waals surface area contributed by atoms with E-state index in [9.17, 15) is 9.59 Å². The average Bonchev–Trinajstić information content (AvgIpc) is 2.95. The minimum Gasteiger partial charge on any atom is -0.491 e. The minimum atomic E-state index is -0.0768. The molecule has 2 aromatic carbocycles. The molecule has 6 nitrogen and oxygen atoms in total. The maximum atomic E-state index is 12.5. The number of nitrogens with one attached hydrogen (secondary N) is 1. The normalized spacial score (nSPS) is 13.1. The molecule has 3 rings (SSSR count). The Hall–Kier alpha value is -3.02. The summed E-state index contributed by atoms with van der Waals surface area (Å²) in [6.07, 6.45) is 1.11. The maximum Gasteiger partial charge on any atom is 0.317 e. The van der Waals surface area contributed by atoms with Gasteiger partial charge in [-0.05, 0) is 30.5 Å². The first-order chi connectivity index (χ1) is 14.1. The third-order valence-corrected chi connectivity index (χ3v) is 5.04. The summed E-state index contributed by atoms with van der Waals surface area (Å²) in [5, 5.41) is 2.84. The predicted octanol–water partition coefficient (Wildman–Crippen LogP) is 3.20. The molecule has 29 heavy (non-hydrogen) atoms. The number of carbonyl (C=O) groups is 2. The Morgan fingerprint density at radius 1 is 1.14 bits per heavy atom. The van der Waals surface area contributed by atoms with Crippen LogP contribution in [0.15, 0.2) is 48.5 Å². The van der Waals surface area contributed by atoms with Crippen LogP contribution in [0.25, 0.3) is 0 Å². The number of benzene rings is 2. The lowest BCUT2D eigenvalue weighted by Crippen LogP contribution is -2.40. The molecule has 0 aliphatic carbocycles. The number of carbonyl (C=O) groups excluding carboxylic acids is 2. The van der Waals surface area contributed by atoms with Crippen molar-refractivity contribution >= 4 is 11.9 Å². The van der Waals surface area contributed by atoms with Gasteiger partial charge in [0.2, 0.25) is 5.91 Å². The molecule has 3 amide bonds. The Morgan fingerprint density at radius 3 is 2.69 bits per heavy atom. The van der Waals surface area contributed by atoms with Crippen molar-refractivity contribution in [3.05, 3.63) is 65.2 Å². The molecule has 0 fully saturated rings. The second-order valence-corrected chi connectivity index (χ2v) is 7.28. The monoisotopic (exact) mass is 395 g/mol. The Bertz CT molecular complexity index is 839. The third kappa shape index (κ3) is 5.73. The molecule has 0 unspecified atom stereocenters. The number of ether oxygens (including phenoxy) is 1. The Balaban J connectivity index is 1.59. The van der Waals surface area contributed by atoms with Crippen molar-refractivity contribution in [1.29, 1.82) is 0 Å². The molecule has 1 aliphatic rings. The summed E-state index contributed by atoms with van der Waals surface area (Å²) in [7, 11) is 1.84. The first-order valence-corrected chi connectivity index (χ1v) is 10.1. The van der Waals surface area contributed by atoms with Gasteiger partial charge in [0, 0.05) is 32.1 Å². The first kappa shape index (κ1) is 20.7. The molecule has 1 heterocycles. The number of hydrogen-bond donors (Lipinski definition) is 1. The molecule has 0 saturated heterocycles. The van der Waals surface area contributed by atoms with Crippen LogP contribution >= 0.6 is 0 Å². The Labute approximate surface area is 172 Å². The molecule has 1 aliphatic heterocycles. The number of rotatable bonds is 6. The molecule has 0 radical (unpaired) electrons. The zero-order chi connectivity index (χ0) is 20.6. The van der Waals surface area contributed by atoms with Crippen LogP contribution < -0.4 is 10.1 Å². The molecule has 0 spiro atoms. The van der Waals surface area contributed by atoms with Crippen molar-refractivity contribution in [3.8, 4) is 5.75 Å². The van der Waals surface area contributed by atoms with Crippen LogP contribution in [0.4, 0.5) is 4.79 Å². The van der Waals surface area contributed by atoms with E-state index in [1.165, 1.54) is 0 Å². The minimum absolute atomic E-state index is 0.0768. The van der Waals surface area contributed by atoms with Crippen molar-refractivity contribution in [2.45, 2.75) is 32.9 Å². The second-order valence-electron chi connectivity index (χ2n) is 7.28. The largest absolute Gasteiger partial charge is 0.491 e. The summed E-state index contributed by atoms with van der Waals surface area (Å²) < 4.78 is 5.80. The number of fused-ring (bicyclic) bond motifs is 1. The number of hydrogen-bond acceptors (Lipinski definition) is 3. The molecule has 0 atom stereocenters. The van der Waals surface area contributed by atoms with E-state index in [0.29, 0.717) is 45.6 Å². The van der Waals surface area contributed by atoms with Gasteiger partial charge in [-0.25, -0.2) is 4.79 Å². The fraction of sp³-hybridized carbons (Fsp3) is 0.391. The molecule has 0 aromatic heterocycles. The molecule has 2 aromatic rings. The molecule has 6 heteroatoms. The summed E-state index contributed by atoms with van der Waals surface area (Å²) >= 11 is 0. The van der Waals surface area contributed by atoms with Gasteiger partial charge in [-0.3, -0.25) is 4.79 Å². The van der Waals surface area contributed by atoms with E-state index < -0.39 is 0 Å². The van der Waals surface area contributed by atoms with E-state index in [4.69, 9.17) is 4.74 Å². The topological polar surface area (TPSA) is 61.9 Å². The van der Waals surface area contributed by atoms with Gasteiger partial charge in [-0.15, -0.1) is 0 Å². The van der Waals surface area contributed by atoms with E-state index in [2.05, 4.69) is 11.4 Å². The molecular weight excluding hydrogens is 366 g/mol. The number of nitrogens with zero attached hydrogens (tertiary/aromatic N) is 2. The van der Waals surface area contributed by atoms with Crippen molar-refractivity contribution in [3.63, 3.8) is 0 Å². The van der Waals surface area contributed by atoms with E-state index in [-0.39, 0.29) is 11.9 Å². The lowest BCUT2D eigenvalue weighted by atomic mass is 10.0. The van der Waals surface area contributed by atoms with Crippen molar-refractivity contribution in [2.75, 3.05) is 26.7 Å². The summed E-state index contributed by atoms with van der Waals surface area (Å²) in [5.41, 5.74) is 3.18. The fourth-order valence-electron chi connectivity index (χ4n) is 3.43. The van der Waals surface area contributed by atoms with E-state index in [0.717, 1.165) is 22.4 Å². The van der Waals surface area contributed by atoms with Gasteiger partial charge < -0.3 is 19.9 Å². The quantitative estimate of drug-likeness (QED) is 0.817. The zero-order valence-corrected chi connectivity index (χ0v) is 17.2. The molecular formula is C23H29N3O3. The maximum absolute atomic E-state index is 12.5. The molecule has 1 N–H and O–H groups in total. The molecule has 0 saturated carbocycles. The number of aryl methyl sites for hydroxylation is 1. The molecule has 154 valence electrons. The standard InChI is InChI=1S/C23H29N3O3/c1-3-24-23(28)26-13-14-29-21-11-9-18(15-20(21)17-26)10-12-22(27)25(2)16-19-7-5-4-6-8-19/h4-9,11,15H,3,10,12-14,16-17H2,1-2H3,(H,24,28). The van der Waals surface area contributed by atoms with Gasteiger partial charge in [0.25, 0.3) is 0 Å². The van der Waals surface area contributed by atoms with Gasteiger partial charge in [0.15, 0.2) is 0 Å². The van der Waals surface area contributed by atoms with Gasteiger partial charge in [0.1, 0.15) is 12.4 Å². The summed E-state index contributed by atoms with van der Waals surface area (Å²) in [5.74, 6) is 0.928. The SMILES string of the molecule is CCNC(=O)N1CCOc2ccc(CCC(=O)N(C)Cc3ccccc3)cc2C1. The van der Waals surface area contributed by atoms with Crippen molar-refractivity contribution in [1.82, 2.24) is 15.1 Å². The van der Waals surface area contributed by atoms with Crippen LogP contribution in [-0.2, 0) is 24.3 Å². The van der Waals surface area contributed by atoms with Gasteiger partial charge in [0.05, 0.1) is 13.1 Å². The van der Waals surface area contributed by atoms with E-state index in [1.807, 2.05) is 56.4 Å². The Morgan fingerprint density at radius 2 is 1.93 bits per heavy atom. The lowest BCUT2D eigenvalue weighted by Gasteiger charge is -2.20. The Kier molecular flexibility index (Phi) is 7.11. The van der Waals surface area contributed by atoms with Gasteiger partial charge in [-0.1, -0.05) is 42.5 Å². The third-order valence-electron chi connectivity index (χ3n) is 5.04. The van der Waals surface area contributed by atoms with Gasteiger partial charge in [-0.2, -0.15) is 0 Å². The first-order valence-electron chi connectivity index (χ1n) is 10.1.